The van der Waals surface area contributed by atoms with Crippen LogP contribution in [-0.4, -0.2) is 174 Å². The molecule has 0 amide bonds. The van der Waals surface area contributed by atoms with E-state index in [2.05, 4.69) is 69.6 Å². The van der Waals surface area contributed by atoms with Gasteiger partial charge in [0.25, 0.3) is 0 Å². The molecule has 0 fully saturated rings. The molecule has 0 aliphatic rings. The standard InChI is InChI=1S/C74H86O20/c1-49(2)70(79)91-45-58(75)41-83-31-35-87-66-21-15-13-19-62(66)64-39-56(27-29-68(64)89-37-33-85-43-60(77)47-93-72(81)51(5)6)74(9,55-25-23-54(24-26-55)53-17-11-10-12-18-53)57-28-30-69(90-38-34-86-44-61(78)48-94-73(82)52(7)8)65(40-57)63-20-14-16-22-67(63)88-36-32-84-42-59(76)46-92-71(80)50(3)4/h10-30,39-40,58-61,75-78H,1,3,5,7,31-38,41-48H2,2,4,6,8-9H3. The van der Waals surface area contributed by atoms with E-state index in [9.17, 15) is 39.6 Å². The van der Waals surface area contributed by atoms with E-state index in [4.69, 9.17) is 56.8 Å². The lowest BCUT2D eigenvalue weighted by Crippen LogP contribution is -2.26. The van der Waals surface area contributed by atoms with Gasteiger partial charge < -0.3 is 77.3 Å². The average molecular weight is 1300 g/mol. The molecule has 0 aliphatic heterocycles. The maximum absolute atomic E-state index is 12.0. The summed E-state index contributed by atoms with van der Waals surface area (Å²) in [4.78, 5) is 47.7. The van der Waals surface area contributed by atoms with Crippen LogP contribution in [0.25, 0.3) is 33.4 Å². The first-order chi connectivity index (χ1) is 45.2. The maximum atomic E-state index is 12.0. The van der Waals surface area contributed by atoms with Crippen molar-refractivity contribution in [3.05, 3.63) is 205 Å². The summed E-state index contributed by atoms with van der Waals surface area (Å²) in [7, 11) is 0. The molecular weight excluding hydrogens is 1210 g/mol. The quantitative estimate of drug-likeness (QED) is 0.00914. The van der Waals surface area contributed by atoms with Crippen molar-refractivity contribution < 1.29 is 96.4 Å². The zero-order valence-corrected chi connectivity index (χ0v) is 54.1. The van der Waals surface area contributed by atoms with Crippen LogP contribution in [0, 0.1) is 0 Å². The van der Waals surface area contributed by atoms with Crippen molar-refractivity contribution >= 4 is 23.9 Å². The molecule has 4 atom stereocenters. The van der Waals surface area contributed by atoms with Crippen LogP contribution in [-0.2, 0) is 62.5 Å². The molecule has 6 aromatic rings. The van der Waals surface area contributed by atoms with E-state index >= 15 is 0 Å². The summed E-state index contributed by atoms with van der Waals surface area (Å²) in [6.07, 6.45) is -4.36. The molecule has 0 aliphatic carbocycles. The minimum Gasteiger partial charge on any atom is -0.491 e. The monoisotopic (exact) mass is 1290 g/mol. The highest BCUT2D eigenvalue weighted by Gasteiger charge is 2.34. The summed E-state index contributed by atoms with van der Waals surface area (Å²) in [6.45, 7) is 21.4. The number of aliphatic hydroxyl groups excluding tert-OH is 4. The Labute approximate surface area is 549 Å². The minimum atomic E-state index is -1.10. The first kappa shape index (κ1) is 74.1. The fourth-order valence-electron chi connectivity index (χ4n) is 9.20. The van der Waals surface area contributed by atoms with Crippen LogP contribution in [0.5, 0.6) is 23.0 Å². The van der Waals surface area contributed by atoms with Gasteiger partial charge in [-0.05, 0) is 98.8 Å². The van der Waals surface area contributed by atoms with Gasteiger partial charge in [0.05, 0.1) is 52.9 Å². The topological polar surface area (TPSA) is 260 Å². The average Bonchev–Trinajstić information content (AvgIpc) is 0.751. The molecule has 0 aromatic heterocycles. The van der Waals surface area contributed by atoms with Crippen LogP contribution in [0.15, 0.2) is 188 Å². The van der Waals surface area contributed by atoms with E-state index < -0.39 is 53.7 Å². The molecule has 20 nitrogen and oxygen atoms in total. The molecule has 6 rings (SSSR count). The number of carbonyl (C=O) groups is 4. The van der Waals surface area contributed by atoms with E-state index in [0.29, 0.717) is 45.3 Å². The van der Waals surface area contributed by atoms with E-state index in [1.807, 2.05) is 103 Å². The predicted molar refractivity (Wildman–Crippen MR) is 354 cm³/mol. The fraction of sp³-hybridized carbons (Fsp3) is 0.351. The Morgan fingerprint density at radius 3 is 0.936 bits per heavy atom. The van der Waals surface area contributed by atoms with Crippen molar-refractivity contribution in [3.8, 4) is 56.4 Å². The van der Waals surface area contributed by atoms with Crippen LogP contribution in [0.4, 0.5) is 0 Å². The van der Waals surface area contributed by atoms with Gasteiger partial charge in [-0.3, -0.25) is 0 Å². The zero-order valence-electron chi connectivity index (χ0n) is 54.1. The zero-order chi connectivity index (χ0) is 68.0. The van der Waals surface area contributed by atoms with E-state index in [1.54, 1.807) is 0 Å². The number of ether oxygens (including phenoxy) is 12. The van der Waals surface area contributed by atoms with Crippen LogP contribution >= 0.6 is 0 Å². The van der Waals surface area contributed by atoms with E-state index in [1.165, 1.54) is 27.7 Å². The Bertz CT molecular complexity index is 3290. The normalized spacial score (nSPS) is 13.0. The van der Waals surface area contributed by atoms with Crippen molar-refractivity contribution in [2.24, 2.45) is 0 Å². The van der Waals surface area contributed by atoms with Crippen molar-refractivity contribution in [2.75, 3.05) is 106 Å². The molecule has 0 radical (unpaired) electrons. The number of hydrogen-bond donors (Lipinski definition) is 4. The molecule has 502 valence electrons. The molecule has 0 heterocycles. The number of para-hydroxylation sites is 2. The lowest BCUT2D eigenvalue weighted by molar-refractivity contribution is -0.143. The number of hydrogen-bond acceptors (Lipinski definition) is 20. The highest BCUT2D eigenvalue weighted by atomic mass is 16.6. The Kier molecular flexibility index (Phi) is 30.2. The van der Waals surface area contributed by atoms with Crippen molar-refractivity contribution in [3.63, 3.8) is 0 Å². The van der Waals surface area contributed by atoms with Gasteiger partial charge >= 0.3 is 23.9 Å². The molecule has 4 N–H and O–H groups in total. The summed E-state index contributed by atoms with van der Waals surface area (Å²) < 4.78 is 69.3. The second-order valence-electron chi connectivity index (χ2n) is 22.3. The number of aliphatic hydroxyl groups is 4. The SMILES string of the molecule is C=C(C)C(=O)OCC(O)COCCOc1ccccc1-c1cc(C(C)(c2ccc(-c3ccccc3)cc2)c2ccc(OCCOCC(O)COC(=O)C(=C)C)c(-c3ccccc3OCCOCC(O)COC(=O)C(=C)C)c2)ccc1OCCOCC(O)COC(=O)C(=C)C. The van der Waals surface area contributed by atoms with Crippen LogP contribution in [0.3, 0.4) is 0 Å². The second-order valence-corrected chi connectivity index (χ2v) is 22.3. The third-order valence-electron chi connectivity index (χ3n) is 14.2. The molecule has 94 heavy (non-hydrogen) atoms. The summed E-state index contributed by atoms with van der Waals surface area (Å²) in [5, 5.41) is 41.9. The molecule has 4 unspecified atom stereocenters. The van der Waals surface area contributed by atoms with Crippen molar-refractivity contribution in [2.45, 2.75) is 64.4 Å². The summed E-state index contributed by atoms with van der Waals surface area (Å²) in [6, 6.07) is 45.2. The molecule has 20 heteroatoms. The molecule has 0 bridgehead atoms. The summed E-state index contributed by atoms with van der Waals surface area (Å²) in [5.41, 5.74) is 7.02. The smallest absolute Gasteiger partial charge is 0.333 e. The van der Waals surface area contributed by atoms with E-state index in [0.717, 1.165) is 27.8 Å². The first-order valence-corrected chi connectivity index (χ1v) is 30.6. The van der Waals surface area contributed by atoms with Gasteiger partial charge in [-0.25, -0.2) is 19.2 Å². The third-order valence-corrected chi connectivity index (χ3v) is 14.2. The molecule has 0 saturated carbocycles. The van der Waals surface area contributed by atoms with Crippen LogP contribution in [0.2, 0.25) is 0 Å². The molecule has 0 saturated heterocycles. The van der Waals surface area contributed by atoms with Crippen molar-refractivity contribution in [1.29, 1.82) is 0 Å². The Hall–Kier alpha value is -8.96. The lowest BCUT2D eigenvalue weighted by Gasteiger charge is -2.34. The summed E-state index contributed by atoms with van der Waals surface area (Å²) in [5.74, 6) is -0.587. The van der Waals surface area contributed by atoms with Gasteiger partial charge in [0.1, 0.15) is 100 Å². The van der Waals surface area contributed by atoms with Crippen molar-refractivity contribution in [1.82, 2.24) is 0 Å². The lowest BCUT2D eigenvalue weighted by atomic mass is 9.70. The molecule has 0 spiro atoms. The van der Waals surface area contributed by atoms with Gasteiger partial charge in [-0.2, -0.15) is 0 Å². The second kappa shape index (κ2) is 38.3. The third kappa shape index (κ3) is 23.3. The predicted octanol–water partition coefficient (Wildman–Crippen LogP) is 9.54. The first-order valence-electron chi connectivity index (χ1n) is 30.6. The number of benzene rings is 6. The number of rotatable bonds is 42. The molecule has 6 aromatic carbocycles. The van der Waals surface area contributed by atoms with Gasteiger partial charge in [-0.1, -0.05) is 129 Å². The summed E-state index contributed by atoms with van der Waals surface area (Å²) >= 11 is 0. The Morgan fingerprint density at radius 1 is 0.340 bits per heavy atom. The van der Waals surface area contributed by atoms with Crippen LogP contribution in [0.1, 0.15) is 51.3 Å². The maximum Gasteiger partial charge on any atom is 0.333 e. The van der Waals surface area contributed by atoms with Gasteiger partial charge in [0, 0.05) is 50.0 Å². The number of esters is 4. The van der Waals surface area contributed by atoms with Gasteiger partial charge in [0.2, 0.25) is 0 Å². The highest BCUT2D eigenvalue weighted by molar-refractivity contribution is 5.88. The number of carbonyl (C=O) groups excluding carboxylic acids is 4. The van der Waals surface area contributed by atoms with Gasteiger partial charge in [-0.15, -0.1) is 0 Å². The fourth-order valence-corrected chi connectivity index (χ4v) is 9.20. The molecular formula is C74H86O20. The highest BCUT2D eigenvalue weighted by Crippen LogP contribution is 2.47. The Morgan fingerprint density at radius 2 is 0.617 bits per heavy atom. The minimum absolute atomic E-state index is 0.0492. The van der Waals surface area contributed by atoms with Crippen LogP contribution < -0.4 is 18.9 Å². The van der Waals surface area contributed by atoms with Gasteiger partial charge in [0.15, 0.2) is 0 Å². The van der Waals surface area contributed by atoms with E-state index in [-0.39, 0.29) is 128 Å². The largest absolute Gasteiger partial charge is 0.491 e. The Balaban J connectivity index is 1.40.